The Morgan fingerprint density at radius 3 is 2.42 bits per heavy atom. The summed E-state index contributed by atoms with van der Waals surface area (Å²) in [5.74, 6) is 2.96. The average Bonchev–Trinajstić information content (AvgIpc) is 3.68. The topological polar surface area (TPSA) is 66.8 Å². The fourth-order valence-electron chi connectivity index (χ4n) is 6.96. The van der Waals surface area contributed by atoms with Crippen molar-refractivity contribution in [2.75, 3.05) is 40.4 Å². The van der Waals surface area contributed by atoms with Crippen LogP contribution in [0.1, 0.15) is 68.5 Å². The van der Waals surface area contributed by atoms with E-state index in [4.69, 9.17) is 13.9 Å². The van der Waals surface area contributed by atoms with E-state index < -0.39 is 0 Å². The molecule has 0 spiro atoms. The second-order valence-electron chi connectivity index (χ2n) is 11.3. The fourth-order valence-corrected chi connectivity index (χ4v) is 6.96. The van der Waals surface area contributed by atoms with Crippen LogP contribution in [0, 0.1) is 0 Å². The van der Waals surface area contributed by atoms with Gasteiger partial charge in [0.15, 0.2) is 11.5 Å². The van der Waals surface area contributed by atoms with E-state index >= 15 is 0 Å². The van der Waals surface area contributed by atoms with Gasteiger partial charge in [-0.15, -0.1) is 0 Å². The molecule has 2 saturated heterocycles. The van der Waals surface area contributed by atoms with Gasteiger partial charge in [0, 0.05) is 41.3 Å². The third kappa shape index (κ3) is 5.13. The van der Waals surface area contributed by atoms with Crippen molar-refractivity contribution in [3.05, 3.63) is 65.9 Å². The summed E-state index contributed by atoms with van der Waals surface area (Å²) >= 11 is 0. The van der Waals surface area contributed by atoms with Gasteiger partial charge in [-0.05, 0) is 99.5 Å². The van der Waals surface area contributed by atoms with Gasteiger partial charge in [0.2, 0.25) is 5.89 Å². The molecule has 0 bridgehead atoms. The minimum Gasteiger partial charge on any atom is -0.493 e. The number of methoxy groups -OCH3 is 2. The maximum absolute atomic E-state index is 5.58. The fraction of sp³-hybridized carbons (Fsp3) is 0.485. The van der Waals surface area contributed by atoms with Gasteiger partial charge in [0.1, 0.15) is 6.26 Å². The number of hydrogen-bond donors (Lipinski definition) is 1. The van der Waals surface area contributed by atoms with Gasteiger partial charge in [0.05, 0.1) is 26.5 Å². The number of aromatic amines is 1. The smallest absolute Gasteiger partial charge is 0.211 e. The van der Waals surface area contributed by atoms with Crippen LogP contribution < -0.4 is 9.47 Å². The summed E-state index contributed by atoms with van der Waals surface area (Å²) in [6, 6.07) is 14.2. The first-order valence-corrected chi connectivity index (χ1v) is 14.8. The normalized spacial score (nSPS) is 18.8. The monoisotopic (exact) mass is 542 g/mol. The quantitative estimate of drug-likeness (QED) is 0.264. The molecule has 7 nitrogen and oxygen atoms in total. The van der Waals surface area contributed by atoms with Gasteiger partial charge in [-0.2, -0.15) is 0 Å². The van der Waals surface area contributed by atoms with Crippen molar-refractivity contribution < 1.29 is 13.9 Å². The Hall–Kier alpha value is -3.29. The minimum atomic E-state index is 0.255. The van der Waals surface area contributed by atoms with E-state index in [9.17, 15) is 0 Å². The van der Waals surface area contributed by atoms with Crippen LogP contribution in [0.25, 0.3) is 22.2 Å². The van der Waals surface area contributed by atoms with E-state index in [0.29, 0.717) is 12.0 Å². The summed E-state index contributed by atoms with van der Waals surface area (Å²) in [6.07, 6.45) is 9.31. The van der Waals surface area contributed by atoms with Crippen molar-refractivity contribution in [2.24, 2.45) is 0 Å². The molecule has 2 aliphatic heterocycles. The summed E-state index contributed by atoms with van der Waals surface area (Å²) < 4.78 is 16.6. The highest BCUT2D eigenvalue weighted by Gasteiger charge is 2.31. The SMILES string of the molecule is CCc1c(-c2ccc(OC)c(OC)c2)[nH]c2ccc(C3CCN(C4CCN(C(C)c5ncco5)CC4)CC3)cc12. The van der Waals surface area contributed by atoms with E-state index in [2.05, 4.69) is 63.9 Å². The molecule has 2 aromatic heterocycles. The number of nitrogens with one attached hydrogen (secondary N) is 1. The Labute approximate surface area is 237 Å². The number of piperidine rings is 2. The van der Waals surface area contributed by atoms with Gasteiger partial charge in [-0.25, -0.2) is 4.98 Å². The lowest BCUT2D eigenvalue weighted by Crippen LogP contribution is -2.47. The summed E-state index contributed by atoms with van der Waals surface area (Å²) in [6.45, 7) is 9.05. The van der Waals surface area contributed by atoms with Gasteiger partial charge >= 0.3 is 0 Å². The molecule has 6 rings (SSSR count). The first-order valence-electron chi connectivity index (χ1n) is 14.8. The van der Waals surface area contributed by atoms with Crippen LogP contribution >= 0.6 is 0 Å². The van der Waals surface area contributed by atoms with Crippen LogP contribution in [-0.4, -0.2) is 66.2 Å². The highest BCUT2D eigenvalue weighted by atomic mass is 16.5. The number of rotatable bonds is 8. The molecule has 7 heteroatoms. The Balaban J connectivity index is 1.12. The maximum Gasteiger partial charge on any atom is 0.211 e. The number of fused-ring (bicyclic) bond motifs is 1. The van der Waals surface area contributed by atoms with Crippen molar-refractivity contribution in [3.63, 3.8) is 0 Å². The van der Waals surface area contributed by atoms with E-state index in [1.54, 1.807) is 26.7 Å². The van der Waals surface area contributed by atoms with Crippen LogP contribution in [0.3, 0.4) is 0 Å². The first-order chi connectivity index (χ1) is 19.6. The molecule has 212 valence electrons. The Bertz CT molecular complexity index is 1410. The number of ether oxygens (including phenoxy) is 2. The predicted octanol–water partition coefficient (Wildman–Crippen LogP) is 6.81. The molecule has 1 atom stereocenters. The van der Waals surface area contributed by atoms with Crippen LogP contribution in [-0.2, 0) is 6.42 Å². The zero-order chi connectivity index (χ0) is 27.6. The lowest BCUT2D eigenvalue weighted by Gasteiger charge is -2.42. The summed E-state index contributed by atoms with van der Waals surface area (Å²) in [4.78, 5) is 13.3. The largest absolute Gasteiger partial charge is 0.493 e. The number of H-pyrrole nitrogens is 1. The molecule has 2 aromatic carbocycles. The van der Waals surface area contributed by atoms with Crippen molar-refractivity contribution in [1.82, 2.24) is 19.8 Å². The second kappa shape index (κ2) is 11.7. The molecular weight excluding hydrogens is 500 g/mol. The zero-order valence-corrected chi connectivity index (χ0v) is 24.3. The number of oxazole rings is 1. The highest BCUT2D eigenvalue weighted by Crippen LogP contribution is 2.38. The number of likely N-dealkylation sites (tertiary alicyclic amines) is 2. The van der Waals surface area contributed by atoms with Gasteiger partial charge in [0.25, 0.3) is 0 Å². The number of aromatic nitrogens is 2. The Kier molecular flexibility index (Phi) is 7.85. The molecule has 2 fully saturated rings. The Morgan fingerprint density at radius 2 is 1.75 bits per heavy atom. The zero-order valence-electron chi connectivity index (χ0n) is 24.3. The highest BCUT2D eigenvalue weighted by molar-refractivity contribution is 5.91. The standard InChI is InChI=1S/C33H42N4O3/c1-5-27-28-20-24(6-8-29(28)35-32(27)25-7-9-30(38-3)31(21-25)39-4)23-10-15-37(16-11-23)26-12-17-36(18-13-26)22(2)33-34-14-19-40-33/h6-9,14,19-23,26,35H,5,10-13,15-18H2,1-4H3. The molecule has 40 heavy (non-hydrogen) atoms. The average molecular weight is 543 g/mol. The van der Waals surface area contributed by atoms with Crippen LogP contribution in [0.15, 0.2) is 53.3 Å². The molecule has 2 aliphatic rings. The summed E-state index contributed by atoms with van der Waals surface area (Å²) in [5.41, 5.74) is 6.35. The number of hydrogen-bond acceptors (Lipinski definition) is 6. The number of nitrogens with zero attached hydrogens (tertiary/aromatic N) is 3. The molecule has 0 saturated carbocycles. The summed E-state index contributed by atoms with van der Waals surface area (Å²) in [7, 11) is 3.36. The molecule has 4 heterocycles. The van der Waals surface area contributed by atoms with Crippen molar-refractivity contribution >= 4 is 10.9 Å². The van der Waals surface area contributed by atoms with Crippen LogP contribution in [0.4, 0.5) is 0 Å². The number of benzene rings is 2. The van der Waals surface area contributed by atoms with E-state index in [1.165, 1.54) is 66.5 Å². The summed E-state index contributed by atoms with van der Waals surface area (Å²) in [5, 5.41) is 1.35. The molecule has 4 aromatic rings. The van der Waals surface area contributed by atoms with Crippen molar-refractivity contribution in [1.29, 1.82) is 0 Å². The molecule has 1 N–H and O–H groups in total. The van der Waals surface area contributed by atoms with Gasteiger partial charge in [-0.3, -0.25) is 4.90 Å². The van der Waals surface area contributed by atoms with E-state index in [1.807, 2.05) is 6.07 Å². The third-order valence-electron chi connectivity index (χ3n) is 9.33. The number of aryl methyl sites for hydroxylation is 1. The van der Waals surface area contributed by atoms with Gasteiger partial charge < -0.3 is 23.8 Å². The lowest BCUT2D eigenvalue weighted by atomic mass is 9.87. The molecule has 1 unspecified atom stereocenters. The van der Waals surface area contributed by atoms with Crippen LogP contribution in [0.5, 0.6) is 11.5 Å². The molecule has 0 radical (unpaired) electrons. The minimum absolute atomic E-state index is 0.255. The molecular formula is C33H42N4O3. The predicted molar refractivity (Wildman–Crippen MR) is 159 cm³/mol. The molecule has 0 amide bonds. The van der Waals surface area contributed by atoms with Crippen LogP contribution in [0.2, 0.25) is 0 Å². The maximum atomic E-state index is 5.58. The van der Waals surface area contributed by atoms with Gasteiger partial charge in [-0.1, -0.05) is 13.0 Å². The van der Waals surface area contributed by atoms with Crippen molar-refractivity contribution in [3.8, 4) is 22.8 Å². The lowest BCUT2D eigenvalue weighted by molar-refractivity contribution is 0.0658. The van der Waals surface area contributed by atoms with E-state index in [-0.39, 0.29) is 6.04 Å². The first kappa shape index (κ1) is 26.9. The molecule has 0 aliphatic carbocycles. The van der Waals surface area contributed by atoms with E-state index in [0.717, 1.165) is 42.5 Å². The third-order valence-corrected chi connectivity index (χ3v) is 9.33. The second-order valence-corrected chi connectivity index (χ2v) is 11.3. The van der Waals surface area contributed by atoms with Crippen molar-refractivity contribution in [2.45, 2.75) is 64.0 Å². The Morgan fingerprint density at radius 1 is 0.975 bits per heavy atom.